The molecule has 5 nitrogen and oxygen atoms in total. The van der Waals surface area contributed by atoms with Gasteiger partial charge in [-0.05, 0) is 38.4 Å². The quantitative estimate of drug-likeness (QED) is 0.774. The molecule has 0 spiro atoms. The van der Waals surface area contributed by atoms with Crippen LogP contribution in [0, 0.1) is 5.92 Å². The van der Waals surface area contributed by atoms with Crippen molar-refractivity contribution in [2.75, 3.05) is 18.5 Å². The summed E-state index contributed by atoms with van der Waals surface area (Å²) in [6.07, 6.45) is 3.27. The van der Waals surface area contributed by atoms with Gasteiger partial charge in [-0.2, -0.15) is 0 Å². The Morgan fingerprint density at radius 3 is 3.06 bits per heavy atom. The number of ether oxygens (including phenoxy) is 1. The van der Waals surface area contributed by atoms with E-state index in [1.54, 1.807) is 18.3 Å². The van der Waals surface area contributed by atoms with Crippen molar-refractivity contribution in [2.24, 2.45) is 11.7 Å². The Morgan fingerprint density at radius 2 is 2.39 bits per heavy atom. The number of pyridine rings is 1. The summed E-state index contributed by atoms with van der Waals surface area (Å²) in [5, 5.41) is 2.84. The smallest absolute Gasteiger partial charge is 0.237 e. The average Bonchev–Trinajstić information content (AvgIpc) is 2.38. The maximum absolute atomic E-state index is 11.9. The summed E-state index contributed by atoms with van der Waals surface area (Å²) in [7, 11) is 0. The maximum Gasteiger partial charge on any atom is 0.237 e. The molecule has 0 aliphatic rings. The average molecular weight is 251 g/mol. The van der Waals surface area contributed by atoms with E-state index in [-0.39, 0.29) is 11.8 Å². The minimum Gasteiger partial charge on any atom is -0.476 e. The molecule has 1 heterocycles. The van der Waals surface area contributed by atoms with Crippen LogP contribution in [0.5, 0.6) is 5.88 Å². The molecule has 0 fully saturated rings. The Balaban J connectivity index is 2.63. The standard InChI is InChI=1S/C13H21N3O2/c1-3-18-13-11(7-5-9-15-13)16-12(17)10(2)6-4-8-14/h5,7,9-10H,3-4,6,8,14H2,1-2H3,(H,16,17). The zero-order chi connectivity index (χ0) is 13.4. The van der Waals surface area contributed by atoms with Crippen LogP contribution in [0.4, 0.5) is 5.69 Å². The normalized spacial score (nSPS) is 11.9. The van der Waals surface area contributed by atoms with Gasteiger partial charge < -0.3 is 15.8 Å². The van der Waals surface area contributed by atoms with Gasteiger partial charge >= 0.3 is 0 Å². The number of anilines is 1. The van der Waals surface area contributed by atoms with Crippen molar-refractivity contribution in [1.82, 2.24) is 4.98 Å². The van der Waals surface area contributed by atoms with E-state index in [0.717, 1.165) is 12.8 Å². The highest BCUT2D eigenvalue weighted by Crippen LogP contribution is 2.21. The van der Waals surface area contributed by atoms with Crippen LogP contribution in [0.3, 0.4) is 0 Å². The highest BCUT2D eigenvalue weighted by Gasteiger charge is 2.14. The van der Waals surface area contributed by atoms with Gasteiger partial charge in [-0.25, -0.2) is 4.98 Å². The molecule has 18 heavy (non-hydrogen) atoms. The van der Waals surface area contributed by atoms with E-state index in [1.165, 1.54) is 0 Å². The van der Waals surface area contributed by atoms with Crippen LogP contribution in [-0.4, -0.2) is 24.0 Å². The number of carbonyl (C=O) groups is 1. The van der Waals surface area contributed by atoms with Crippen LogP contribution in [0.15, 0.2) is 18.3 Å². The predicted octanol–water partition coefficient (Wildman–Crippen LogP) is 1.79. The second-order valence-corrected chi connectivity index (χ2v) is 4.11. The van der Waals surface area contributed by atoms with Crippen LogP contribution in [0.25, 0.3) is 0 Å². The Morgan fingerprint density at radius 1 is 1.61 bits per heavy atom. The molecule has 1 unspecified atom stereocenters. The number of nitrogens with one attached hydrogen (secondary N) is 1. The molecule has 3 N–H and O–H groups in total. The number of amides is 1. The van der Waals surface area contributed by atoms with Gasteiger partial charge in [-0.15, -0.1) is 0 Å². The molecular formula is C13H21N3O2. The van der Waals surface area contributed by atoms with Crippen molar-refractivity contribution >= 4 is 11.6 Å². The number of nitrogens with two attached hydrogens (primary N) is 1. The molecule has 100 valence electrons. The van der Waals surface area contributed by atoms with Gasteiger partial charge in [0.25, 0.3) is 0 Å². The summed E-state index contributed by atoms with van der Waals surface area (Å²) in [6.45, 7) is 4.89. The van der Waals surface area contributed by atoms with E-state index in [4.69, 9.17) is 10.5 Å². The Bertz CT molecular complexity index is 382. The van der Waals surface area contributed by atoms with Gasteiger partial charge in [0.1, 0.15) is 5.69 Å². The van der Waals surface area contributed by atoms with Crippen molar-refractivity contribution < 1.29 is 9.53 Å². The van der Waals surface area contributed by atoms with Gasteiger partial charge in [-0.1, -0.05) is 6.92 Å². The fraction of sp³-hybridized carbons (Fsp3) is 0.538. The highest BCUT2D eigenvalue weighted by atomic mass is 16.5. The van der Waals surface area contributed by atoms with Gasteiger partial charge in [0, 0.05) is 12.1 Å². The molecule has 0 radical (unpaired) electrons. The van der Waals surface area contributed by atoms with E-state index in [1.807, 2.05) is 13.8 Å². The van der Waals surface area contributed by atoms with Gasteiger partial charge in [0.15, 0.2) is 0 Å². The fourth-order valence-corrected chi connectivity index (χ4v) is 1.55. The molecule has 1 aromatic heterocycles. The van der Waals surface area contributed by atoms with Crippen molar-refractivity contribution in [3.05, 3.63) is 18.3 Å². The summed E-state index contributed by atoms with van der Waals surface area (Å²) in [5.41, 5.74) is 6.05. The Hall–Kier alpha value is -1.62. The number of aromatic nitrogens is 1. The summed E-state index contributed by atoms with van der Waals surface area (Å²) in [5.74, 6) is 0.361. The molecule has 0 aliphatic carbocycles. The molecule has 1 aromatic rings. The third-order valence-corrected chi connectivity index (χ3v) is 2.60. The molecule has 0 bridgehead atoms. The number of hydrogen-bond donors (Lipinski definition) is 2. The lowest BCUT2D eigenvalue weighted by Crippen LogP contribution is -2.21. The van der Waals surface area contributed by atoms with E-state index in [0.29, 0.717) is 24.7 Å². The fourth-order valence-electron chi connectivity index (χ4n) is 1.55. The monoisotopic (exact) mass is 251 g/mol. The van der Waals surface area contributed by atoms with E-state index < -0.39 is 0 Å². The van der Waals surface area contributed by atoms with Gasteiger partial charge in [-0.3, -0.25) is 4.79 Å². The molecule has 5 heteroatoms. The van der Waals surface area contributed by atoms with Crippen molar-refractivity contribution in [3.8, 4) is 5.88 Å². The van der Waals surface area contributed by atoms with Gasteiger partial charge in [0.05, 0.1) is 6.61 Å². The highest BCUT2D eigenvalue weighted by molar-refractivity contribution is 5.93. The SMILES string of the molecule is CCOc1ncccc1NC(=O)C(C)CCCN. The van der Waals surface area contributed by atoms with Crippen LogP contribution in [-0.2, 0) is 4.79 Å². The third kappa shape index (κ3) is 4.33. The van der Waals surface area contributed by atoms with Crippen LogP contribution in [0.2, 0.25) is 0 Å². The molecule has 0 aliphatic heterocycles. The number of rotatable bonds is 7. The third-order valence-electron chi connectivity index (χ3n) is 2.60. The first kappa shape index (κ1) is 14.4. The Labute approximate surface area is 108 Å². The lowest BCUT2D eigenvalue weighted by atomic mass is 10.0. The summed E-state index contributed by atoms with van der Waals surface area (Å²) in [6, 6.07) is 3.55. The lowest BCUT2D eigenvalue weighted by molar-refractivity contribution is -0.119. The molecule has 0 saturated carbocycles. The number of hydrogen-bond acceptors (Lipinski definition) is 4. The van der Waals surface area contributed by atoms with E-state index in [2.05, 4.69) is 10.3 Å². The second kappa shape index (κ2) is 7.66. The summed E-state index contributed by atoms with van der Waals surface area (Å²) < 4.78 is 5.35. The first-order chi connectivity index (χ1) is 8.69. The van der Waals surface area contributed by atoms with Crippen LogP contribution < -0.4 is 15.8 Å². The Kier molecular flexibility index (Phi) is 6.14. The zero-order valence-electron chi connectivity index (χ0n) is 11.0. The molecular weight excluding hydrogens is 230 g/mol. The first-order valence-electron chi connectivity index (χ1n) is 6.27. The number of nitrogens with zero attached hydrogens (tertiary/aromatic N) is 1. The van der Waals surface area contributed by atoms with Crippen molar-refractivity contribution in [1.29, 1.82) is 0 Å². The second-order valence-electron chi connectivity index (χ2n) is 4.11. The first-order valence-corrected chi connectivity index (χ1v) is 6.27. The molecule has 1 amide bonds. The minimum atomic E-state index is -0.0665. The van der Waals surface area contributed by atoms with Crippen molar-refractivity contribution in [3.63, 3.8) is 0 Å². The van der Waals surface area contributed by atoms with Crippen LogP contribution in [0.1, 0.15) is 26.7 Å². The van der Waals surface area contributed by atoms with Gasteiger partial charge in [0.2, 0.25) is 11.8 Å². The minimum absolute atomic E-state index is 0.0302. The summed E-state index contributed by atoms with van der Waals surface area (Å²) in [4.78, 5) is 16.0. The van der Waals surface area contributed by atoms with Crippen LogP contribution >= 0.6 is 0 Å². The molecule has 1 rings (SSSR count). The predicted molar refractivity (Wildman–Crippen MR) is 71.5 cm³/mol. The largest absolute Gasteiger partial charge is 0.476 e. The molecule has 0 saturated heterocycles. The number of carbonyl (C=O) groups excluding carboxylic acids is 1. The topological polar surface area (TPSA) is 77.2 Å². The van der Waals surface area contributed by atoms with E-state index >= 15 is 0 Å². The lowest BCUT2D eigenvalue weighted by Gasteiger charge is -2.13. The maximum atomic E-state index is 11.9. The zero-order valence-corrected chi connectivity index (χ0v) is 11.0. The molecule has 0 aromatic carbocycles. The van der Waals surface area contributed by atoms with E-state index in [9.17, 15) is 4.79 Å². The van der Waals surface area contributed by atoms with Crippen molar-refractivity contribution in [2.45, 2.75) is 26.7 Å². The summed E-state index contributed by atoms with van der Waals surface area (Å²) >= 11 is 0. The molecule has 1 atom stereocenters.